The van der Waals surface area contributed by atoms with Crippen LogP contribution < -0.4 is 0 Å². The summed E-state index contributed by atoms with van der Waals surface area (Å²) in [6.07, 6.45) is 7.47. The quantitative estimate of drug-likeness (QED) is 0.812. The van der Waals surface area contributed by atoms with Gasteiger partial charge in [0.15, 0.2) is 0 Å². The predicted octanol–water partition coefficient (Wildman–Crippen LogP) is 3.65. The number of imidazole rings is 1. The molecule has 5 heteroatoms. The molecule has 24 heavy (non-hydrogen) atoms. The highest BCUT2D eigenvalue weighted by molar-refractivity contribution is 6.30. The van der Waals surface area contributed by atoms with E-state index in [1.165, 1.54) is 11.3 Å². The summed E-state index contributed by atoms with van der Waals surface area (Å²) in [6.45, 7) is 0.816. The molecular weight excluding hydrogens is 322 g/mol. The molecule has 128 valence electrons. The number of nitrogens with zero attached hydrogens (tertiary/aromatic N) is 2. The average molecular weight is 346 g/mol. The molecule has 1 atom stereocenters. The summed E-state index contributed by atoms with van der Waals surface area (Å²) in [6, 6.07) is 8.00. The van der Waals surface area contributed by atoms with E-state index in [1.807, 2.05) is 24.1 Å². The fourth-order valence-corrected chi connectivity index (χ4v) is 3.48. The van der Waals surface area contributed by atoms with Gasteiger partial charge in [0.05, 0.1) is 12.0 Å². The molecule has 1 amide bonds. The molecule has 0 bridgehead atoms. The van der Waals surface area contributed by atoms with Crippen LogP contribution >= 0.6 is 11.6 Å². The van der Waals surface area contributed by atoms with Gasteiger partial charge in [-0.15, -0.1) is 0 Å². The Morgan fingerprint density at radius 3 is 2.92 bits per heavy atom. The van der Waals surface area contributed by atoms with Crippen LogP contribution in [0.4, 0.5) is 0 Å². The van der Waals surface area contributed by atoms with Crippen molar-refractivity contribution >= 4 is 17.5 Å². The first-order valence-corrected chi connectivity index (χ1v) is 9.02. The van der Waals surface area contributed by atoms with Gasteiger partial charge >= 0.3 is 0 Å². The minimum atomic E-state index is 0.0852. The number of H-pyrrole nitrogens is 1. The molecule has 1 aromatic heterocycles. The molecule has 1 aromatic carbocycles. The van der Waals surface area contributed by atoms with E-state index < -0.39 is 0 Å². The fourth-order valence-electron chi connectivity index (χ4n) is 3.36. The van der Waals surface area contributed by atoms with Gasteiger partial charge in [0, 0.05) is 36.6 Å². The number of unbranched alkanes of at least 4 members (excludes halogenated alkanes) is 1. The highest BCUT2D eigenvalue weighted by Gasteiger charge is 2.28. The number of hydrogen-bond donors (Lipinski definition) is 1. The summed E-state index contributed by atoms with van der Waals surface area (Å²) in [4.78, 5) is 22.0. The fraction of sp³-hybridized carbons (Fsp3) is 0.474. The SMILES string of the molecule is CN(CCCCc1ccc(Cl)cc1)C(=O)C1CCc2[nH]cnc2C1. The van der Waals surface area contributed by atoms with Gasteiger partial charge < -0.3 is 9.88 Å². The third-order valence-corrected chi connectivity index (χ3v) is 5.09. The van der Waals surface area contributed by atoms with E-state index in [4.69, 9.17) is 11.6 Å². The number of aromatic amines is 1. The monoisotopic (exact) mass is 345 g/mol. The van der Waals surface area contributed by atoms with Crippen molar-refractivity contribution in [3.8, 4) is 0 Å². The summed E-state index contributed by atoms with van der Waals surface area (Å²) in [5, 5.41) is 0.775. The van der Waals surface area contributed by atoms with Crippen LogP contribution in [0, 0.1) is 5.92 Å². The standard InChI is InChI=1S/C19H24ClN3O/c1-23(11-3-2-4-14-5-8-16(20)9-6-14)19(24)15-7-10-17-18(12-15)22-13-21-17/h5-6,8-9,13,15H,2-4,7,10-12H2,1H3,(H,21,22). The molecule has 2 aromatic rings. The summed E-state index contributed by atoms with van der Waals surface area (Å²) < 4.78 is 0. The Bertz CT molecular complexity index is 680. The summed E-state index contributed by atoms with van der Waals surface area (Å²) in [5.74, 6) is 0.345. The molecule has 0 radical (unpaired) electrons. The van der Waals surface area contributed by atoms with Gasteiger partial charge in [-0.2, -0.15) is 0 Å². The highest BCUT2D eigenvalue weighted by Crippen LogP contribution is 2.24. The van der Waals surface area contributed by atoms with Crippen molar-refractivity contribution in [1.82, 2.24) is 14.9 Å². The lowest BCUT2D eigenvalue weighted by Gasteiger charge is -2.26. The van der Waals surface area contributed by atoms with Crippen molar-refractivity contribution in [2.45, 2.75) is 38.5 Å². The first kappa shape index (κ1) is 17.0. The average Bonchev–Trinajstić information content (AvgIpc) is 3.07. The van der Waals surface area contributed by atoms with Crippen molar-refractivity contribution in [3.05, 3.63) is 52.6 Å². The smallest absolute Gasteiger partial charge is 0.225 e. The van der Waals surface area contributed by atoms with Gasteiger partial charge in [-0.25, -0.2) is 4.98 Å². The molecule has 0 fully saturated rings. The van der Waals surface area contributed by atoms with Crippen molar-refractivity contribution in [1.29, 1.82) is 0 Å². The number of amides is 1. The van der Waals surface area contributed by atoms with E-state index in [1.54, 1.807) is 6.33 Å². The lowest BCUT2D eigenvalue weighted by atomic mass is 9.89. The number of fused-ring (bicyclic) bond motifs is 1. The molecular formula is C19H24ClN3O. The Hall–Kier alpha value is -1.81. The Morgan fingerprint density at radius 2 is 2.12 bits per heavy atom. The molecule has 1 unspecified atom stereocenters. The van der Waals surface area contributed by atoms with Crippen molar-refractivity contribution in [3.63, 3.8) is 0 Å². The van der Waals surface area contributed by atoms with Gasteiger partial charge in [0.1, 0.15) is 0 Å². The van der Waals surface area contributed by atoms with Crippen LogP contribution in [0.2, 0.25) is 5.02 Å². The molecule has 4 nitrogen and oxygen atoms in total. The second kappa shape index (κ2) is 7.84. The van der Waals surface area contributed by atoms with E-state index >= 15 is 0 Å². The predicted molar refractivity (Wildman–Crippen MR) is 96.1 cm³/mol. The molecule has 0 spiro atoms. The molecule has 1 aliphatic carbocycles. The molecule has 3 rings (SSSR count). The molecule has 1 aliphatic rings. The van der Waals surface area contributed by atoms with E-state index in [9.17, 15) is 4.79 Å². The van der Waals surface area contributed by atoms with Crippen LogP contribution in [0.5, 0.6) is 0 Å². The van der Waals surface area contributed by atoms with Crippen molar-refractivity contribution < 1.29 is 4.79 Å². The first-order valence-electron chi connectivity index (χ1n) is 8.64. The van der Waals surface area contributed by atoms with Gasteiger partial charge in [-0.05, 0) is 49.8 Å². The third kappa shape index (κ3) is 4.18. The van der Waals surface area contributed by atoms with E-state index in [2.05, 4.69) is 22.1 Å². The minimum Gasteiger partial charge on any atom is -0.348 e. The summed E-state index contributed by atoms with van der Waals surface area (Å²) in [7, 11) is 1.92. The number of hydrogen-bond acceptors (Lipinski definition) is 2. The van der Waals surface area contributed by atoms with Crippen molar-refractivity contribution in [2.75, 3.05) is 13.6 Å². The maximum absolute atomic E-state index is 12.6. The van der Waals surface area contributed by atoms with E-state index in [0.717, 1.165) is 55.8 Å². The lowest BCUT2D eigenvalue weighted by molar-refractivity contribution is -0.134. The second-order valence-electron chi connectivity index (χ2n) is 6.61. The van der Waals surface area contributed by atoms with Crippen molar-refractivity contribution in [2.24, 2.45) is 5.92 Å². The van der Waals surface area contributed by atoms with Gasteiger partial charge in [0.25, 0.3) is 0 Å². The lowest BCUT2D eigenvalue weighted by Crippen LogP contribution is -2.36. The molecule has 1 N–H and O–H groups in total. The number of benzene rings is 1. The van der Waals surface area contributed by atoms with Crippen LogP contribution in [0.15, 0.2) is 30.6 Å². The molecule has 0 saturated carbocycles. The number of aromatic nitrogens is 2. The maximum atomic E-state index is 12.6. The zero-order valence-corrected chi connectivity index (χ0v) is 14.9. The molecule has 0 saturated heterocycles. The van der Waals surface area contributed by atoms with Crippen LogP contribution in [0.1, 0.15) is 36.2 Å². The third-order valence-electron chi connectivity index (χ3n) is 4.84. The number of carbonyl (C=O) groups excluding carboxylic acids is 1. The highest BCUT2D eigenvalue weighted by atomic mass is 35.5. The van der Waals surface area contributed by atoms with E-state index in [-0.39, 0.29) is 11.8 Å². The Balaban J connectivity index is 1.41. The Morgan fingerprint density at radius 1 is 1.33 bits per heavy atom. The van der Waals surface area contributed by atoms with Crippen LogP contribution in [-0.4, -0.2) is 34.4 Å². The largest absolute Gasteiger partial charge is 0.348 e. The van der Waals surface area contributed by atoms with Crippen LogP contribution in [0.25, 0.3) is 0 Å². The Kier molecular flexibility index (Phi) is 5.56. The second-order valence-corrected chi connectivity index (χ2v) is 7.05. The molecule has 1 heterocycles. The van der Waals surface area contributed by atoms with Gasteiger partial charge in [-0.1, -0.05) is 23.7 Å². The van der Waals surface area contributed by atoms with Crippen LogP contribution in [-0.2, 0) is 24.1 Å². The van der Waals surface area contributed by atoms with Crippen LogP contribution in [0.3, 0.4) is 0 Å². The maximum Gasteiger partial charge on any atom is 0.225 e. The summed E-state index contributed by atoms with van der Waals surface area (Å²) in [5.41, 5.74) is 3.56. The zero-order valence-electron chi connectivity index (χ0n) is 14.1. The number of rotatable bonds is 6. The number of halogens is 1. The normalized spacial score (nSPS) is 16.7. The van der Waals surface area contributed by atoms with Gasteiger partial charge in [0.2, 0.25) is 5.91 Å². The zero-order chi connectivity index (χ0) is 16.9. The topological polar surface area (TPSA) is 49.0 Å². The summed E-state index contributed by atoms with van der Waals surface area (Å²) >= 11 is 5.90. The first-order chi connectivity index (χ1) is 11.6. The number of nitrogens with one attached hydrogen (secondary N) is 1. The molecule has 0 aliphatic heterocycles. The Labute approximate surface area is 148 Å². The minimum absolute atomic E-state index is 0.0852. The number of carbonyl (C=O) groups is 1. The van der Waals surface area contributed by atoms with E-state index in [0.29, 0.717) is 0 Å². The number of aryl methyl sites for hydroxylation is 2. The van der Waals surface area contributed by atoms with Gasteiger partial charge in [-0.3, -0.25) is 4.79 Å².